The van der Waals surface area contributed by atoms with Gasteiger partial charge in [0.1, 0.15) is 29.2 Å². The summed E-state index contributed by atoms with van der Waals surface area (Å²) in [7, 11) is -2.25. The maximum atomic E-state index is 15.2. The summed E-state index contributed by atoms with van der Waals surface area (Å²) in [5.41, 5.74) is -0.329. The van der Waals surface area contributed by atoms with Crippen molar-refractivity contribution in [2.24, 2.45) is 34.1 Å². The Balaban J connectivity index is 1.03. The van der Waals surface area contributed by atoms with Crippen molar-refractivity contribution in [1.82, 2.24) is 19.8 Å². The van der Waals surface area contributed by atoms with Gasteiger partial charge in [-0.3, -0.25) is 28.9 Å². The van der Waals surface area contributed by atoms with E-state index in [9.17, 15) is 22.8 Å². The molecule has 0 aromatic heterocycles. The number of fused-ring (bicyclic) bond motifs is 1. The standard InChI is InChI=1S/C46H57N5O8S/c1-3-31-27-46(31,44(55)49-60(56,57)34-17-18-34)48-42(53)38-24-33(28-51(38)43(54)35(29-13-7-4-8-14-29)25-40(52)50-21-11-6-12-22-50)59-39-26-37(30-15-9-5-10-16-30)47-41-36-23-32(58-2)19-20-45(36,39)41/h3,5,9-10,15-16,19-20,23,26,29,31,33-36,38,41H,1,4,6-8,11-14,17-18,21-22,24-25,27-28H2,2H3,(H,48,53)(H,49,55)/t31?,33?,35-,36?,38?,41?,45?,46?/m0/s1. The van der Waals surface area contributed by atoms with Crippen molar-refractivity contribution < 1.29 is 37.1 Å². The van der Waals surface area contributed by atoms with Gasteiger partial charge in [-0.1, -0.05) is 61.7 Å². The zero-order valence-electron chi connectivity index (χ0n) is 34.4. The van der Waals surface area contributed by atoms with E-state index < -0.39 is 62.0 Å². The number of methoxy groups -OCH3 is 1. The second kappa shape index (κ2) is 16.0. The lowest BCUT2D eigenvalue weighted by molar-refractivity contribution is -0.147. The molecule has 2 saturated heterocycles. The second-order valence-corrected chi connectivity index (χ2v) is 20.2. The number of sulfonamides is 1. The lowest BCUT2D eigenvalue weighted by Gasteiger charge is -2.36. The quantitative estimate of drug-likeness (QED) is 0.255. The van der Waals surface area contributed by atoms with Crippen molar-refractivity contribution in [2.75, 3.05) is 26.7 Å². The Hall–Kier alpha value is -4.72. The van der Waals surface area contributed by atoms with E-state index in [0.717, 1.165) is 68.4 Å². The summed E-state index contributed by atoms with van der Waals surface area (Å²) in [4.78, 5) is 66.2. The zero-order valence-corrected chi connectivity index (χ0v) is 35.2. The number of rotatable bonds is 14. The molecule has 1 aromatic carbocycles. The summed E-state index contributed by atoms with van der Waals surface area (Å²) < 4.78 is 40.6. The maximum absolute atomic E-state index is 15.2. The van der Waals surface area contributed by atoms with Crippen molar-refractivity contribution in [2.45, 2.75) is 112 Å². The molecule has 4 saturated carbocycles. The van der Waals surface area contributed by atoms with Crippen LogP contribution in [0, 0.1) is 29.1 Å². The van der Waals surface area contributed by atoms with Crippen LogP contribution < -0.4 is 10.0 Å². The van der Waals surface area contributed by atoms with E-state index in [0.29, 0.717) is 31.7 Å². The molecule has 60 heavy (non-hydrogen) atoms. The number of nitrogens with zero attached hydrogens (tertiary/aromatic N) is 3. The molecule has 0 radical (unpaired) electrons. The molecule has 0 bridgehead atoms. The first kappa shape index (κ1) is 40.7. The van der Waals surface area contributed by atoms with Crippen LogP contribution in [0.4, 0.5) is 0 Å². The van der Waals surface area contributed by atoms with Gasteiger partial charge in [-0.25, -0.2) is 8.42 Å². The number of hydrogen-bond acceptors (Lipinski definition) is 9. The molecule has 8 aliphatic rings. The van der Waals surface area contributed by atoms with E-state index in [-0.39, 0.29) is 55.5 Å². The highest BCUT2D eigenvalue weighted by atomic mass is 32.2. The molecule has 320 valence electrons. The van der Waals surface area contributed by atoms with Crippen LogP contribution >= 0.6 is 0 Å². The predicted molar refractivity (Wildman–Crippen MR) is 224 cm³/mol. The minimum absolute atomic E-state index is 0.00406. The number of dihydropyridines is 1. The fraction of sp³-hybridized carbons (Fsp3) is 0.587. The first-order valence-electron chi connectivity index (χ1n) is 22.0. The van der Waals surface area contributed by atoms with Gasteiger partial charge < -0.3 is 24.6 Å². The van der Waals surface area contributed by atoms with Gasteiger partial charge in [0.2, 0.25) is 27.7 Å². The zero-order chi connectivity index (χ0) is 41.8. The Morgan fingerprint density at radius 1 is 1.02 bits per heavy atom. The van der Waals surface area contributed by atoms with Gasteiger partial charge in [0.05, 0.1) is 36.1 Å². The summed E-state index contributed by atoms with van der Waals surface area (Å²) in [6, 6.07) is 8.74. The average Bonchev–Trinajstić information content (AvgIpc) is 4.22. The lowest BCUT2D eigenvalue weighted by atomic mass is 9.77. The number of piperidine rings is 1. The van der Waals surface area contributed by atoms with Gasteiger partial charge >= 0.3 is 0 Å². The summed E-state index contributed by atoms with van der Waals surface area (Å²) >= 11 is 0. The predicted octanol–water partition coefficient (Wildman–Crippen LogP) is 4.71. The van der Waals surface area contributed by atoms with Crippen molar-refractivity contribution in [3.05, 3.63) is 84.4 Å². The molecular formula is C46H57N5O8S. The fourth-order valence-electron chi connectivity index (χ4n) is 10.6. The third-order valence-corrected chi connectivity index (χ3v) is 16.3. The minimum atomic E-state index is -3.89. The van der Waals surface area contributed by atoms with Gasteiger partial charge in [0, 0.05) is 49.8 Å². The molecule has 5 aliphatic carbocycles. The summed E-state index contributed by atoms with van der Waals surface area (Å²) in [5, 5.41) is 2.31. The highest BCUT2D eigenvalue weighted by molar-refractivity contribution is 7.91. The molecule has 2 N–H and O–H groups in total. The van der Waals surface area contributed by atoms with Crippen LogP contribution in [-0.2, 0) is 38.7 Å². The summed E-state index contributed by atoms with van der Waals surface area (Å²) in [6.07, 6.45) is 18.0. The lowest BCUT2D eigenvalue weighted by Crippen LogP contribution is -2.57. The monoisotopic (exact) mass is 839 g/mol. The Bertz CT molecular complexity index is 2150. The molecular weight excluding hydrogens is 783 g/mol. The molecule has 13 nitrogen and oxygen atoms in total. The van der Waals surface area contributed by atoms with Crippen molar-refractivity contribution in [3.63, 3.8) is 0 Å². The molecule has 1 aromatic rings. The molecule has 9 rings (SSSR count). The number of likely N-dealkylation sites (tertiary alicyclic amines) is 2. The van der Waals surface area contributed by atoms with Crippen molar-refractivity contribution in [1.29, 1.82) is 0 Å². The SMILES string of the molecule is C=CC1CC1(NC(=O)C1CC(OC2=CC(c3ccccc3)=NC3C4C=C(OC)C=CC243)CN1C(=O)[C@@H](CC(=O)N1CCCCC1)C1CCCCC1)C(=O)NS(=O)(=O)C1CC1. The van der Waals surface area contributed by atoms with Crippen LogP contribution in [0.1, 0.15) is 89.0 Å². The Kier molecular flexibility index (Phi) is 10.8. The van der Waals surface area contributed by atoms with Crippen LogP contribution in [0.25, 0.3) is 0 Å². The average molecular weight is 840 g/mol. The van der Waals surface area contributed by atoms with E-state index in [4.69, 9.17) is 14.5 Å². The van der Waals surface area contributed by atoms with Gasteiger partial charge in [-0.2, -0.15) is 0 Å². The minimum Gasteiger partial charge on any atom is -0.497 e. The highest BCUT2D eigenvalue weighted by Gasteiger charge is 2.69. The number of nitrogens with one attached hydrogen (secondary N) is 2. The second-order valence-electron chi connectivity index (χ2n) is 18.2. The molecule has 4 amide bonds. The van der Waals surface area contributed by atoms with Crippen LogP contribution in [0.5, 0.6) is 0 Å². The Morgan fingerprint density at radius 3 is 2.43 bits per heavy atom. The van der Waals surface area contributed by atoms with Gasteiger partial charge in [-0.05, 0) is 75.0 Å². The number of amides is 4. The molecule has 1 spiro atoms. The smallest absolute Gasteiger partial charge is 0.259 e. The first-order chi connectivity index (χ1) is 29.0. The first-order valence-corrected chi connectivity index (χ1v) is 23.6. The van der Waals surface area contributed by atoms with E-state index in [2.05, 4.69) is 28.8 Å². The number of benzene rings is 1. The Morgan fingerprint density at radius 2 is 1.75 bits per heavy atom. The van der Waals surface area contributed by atoms with Gasteiger partial charge in [0.15, 0.2) is 0 Å². The molecule has 7 unspecified atom stereocenters. The van der Waals surface area contributed by atoms with E-state index in [1.165, 1.54) is 0 Å². The molecule has 8 atom stereocenters. The maximum Gasteiger partial charge on any atom is 0.259 e. The van der Waals surface area contributed by atoms with Crippen LogP contribution in [0.15, 0.2) is 83.8 Å². The number of carbonyl (C=O) groups is 4. The topological polar surface area (TPSA) is 164 Å². The molecule has 3 aliphatic heterocycles. The van der Waals surface area contributed by atoms with Gasteiger partial charge in [0.25, 0.3) is 5.91 Å². The third-order valence-electron chi connectivity index (χ3n) is 14.4. The summed E-state index contributed by atoms with van der Waals surface area (Å²) in [5.74, 6) is -1.28. The van der Waals surface area contributed by atoms with Crippen molar-refractivity contribution >= 4 is 39.4 Å². The highest BCUT2D eigenvalue weighted by Crippen LogP contribution is 2.65. The van der Waals surface area contributed by atoms with E-state index in [1.54, 1.807) is 18.1 Å². The fourth-order valence-corrected chi connectivity index (χ4v) is 12.0. The van der Waals surface area contributed by atoms with Gasteiger partial charge in [-0.15, -0.1) is 6.58 Å². The third kappa shape index (κ3) is 7.51. The van der Waals surface area contributed by atoms with Crippen LogP contribution in [0.2, 0.25) is 0 Å². The number of allylic oxidation sites excluding steroid dienone is 2. The van der Waals surface area contributed by atoms with Crippen LogP contribution in [0.3, 0.4) is 0 Å². The number of aliphatic imine (C=N–C) groups is 1. The number of carbonyl (C=O) groups excluding carboxylic acids is 4. The normalized spacial score (nSPS) is 32.5. The van der Waals surface area contributed by atoms with E-state index >= 15 is 4.79 Å². The van der Waals surface area contributed by atoms with Crippen molar-refractivity contribution in [3.8, 4) is 0 Å². The molecule has 6 fully saturated rings. The summed E-state index contributed by atoms with van der Waals surface area (Å²) in [6.45, 7) is 5.32. The number of ether oxygens (including phenoxy) is 2. The largest absolute Gasteiger partial charge is 0.497 e. The molecule has 3 heterocycles. The Labute approximate surface area is 352 Å². The number of hydrogen-bond donors (Lipinski definition) is 2. The van der Waals surface area contributed by atoms with Crippen LogP contribution in [-0.4, -0.2) is 103 Å². The van der Waals surface area contributed by atoms with E-state index in [1.807, 2.05) is 47.4 Å². The molecule has 14 heteroatoms.